The topological polar surface area (TPSA) is 15.7 Å². The highest BCUT2D eigenvalue weighted by Gasteiger charge is 2.25. The number of hydrogen-bond donors (Lipinski definition) is 0. The molecule has 0 aliphatic carbocycles. The number of rotatable bonds is 9. The van der Waals surface area contributed by atoms with Crippen LogP contribution < -0.4 is 15.0 Å². The fourth-order valence-electron chi connectivity index (χ4n) is 5.07. The van der Waals surface area contributed by atoms with Crippen LogP contribution in [0.1, 0.15) is 18.1 Å². The molecule has 0 unspecified atom stereocenters. The van der Waals surface area contributed by atoms with Crippen molar-refractivity contribution in [1.29, 1.82) is 0 Å². The molecule has 5 aromatic carbocycles. The molecule has 5 aromatic rings. The molecule has 0 heterocycles. The maximum absolute atomic E-state index is 6.13. The first-order chi connectivity index (χ1) is 19.4. The summed E-state index contributed by atoms with van der Waals surface area (Å²) in [6, 6.07) is 45.7. The first kappa shape index (κ1) is 27.4. The molecule has 0 aromatic heterocycles. The highest BCUT2D eigenvalue weighted by atomic mass is 28.4. The molecule has 0 fully saturated rings. The molecular formula is C36H38N2OSi. The van der Waals surface area contributed by atoms with E-state index in [4.69, 9.17) is 4.43 Å². The van der Waals surface area contributed by atoms with Crippen molar-refractivity contribution >= 4 is 47.6 Å². The van der Waals surface area contributed by atoms with Crippen LogP contribution >= 0.6 is 0 Å². The molecule has 0 saturated carbocycles. The standard InChI is InChI=1S/C36H38N2OSi/c1-6-39-40(4,5)36-26-24-35(25-27-36)38(32-18-14-29(3)15-19-32)34-22-20-33(21-23-34)37(30-10-8-7-9-11-30)31-16-12-28(2)13-17-31/h7-27H,6H2,1-5H3. The highest BCUT2D eigenvalue weighted by molar-refractivity contribution is 6.84. The maximum Gasteiger partial charge on any atom is 0.218 e. The van der Waals surface area contributed by atoms with Crippen LogP contribution in [0.2, 0.25) is 13.1 Å². The Morgan fingerprint density at radius 1 is 0.475 bits per heavy atom. The molecule has 0 N–H and O–H groups in total. The molecule has 202 valence electrons. The third kappa shape index (κ3) is 6.04. The van der Waals surface area contributed by atoms with E-state index >= 15 is 0 Å². The van der Waals surface area contributed by atoms with Gasteiger partial charge in [-0.3, -0.25) is 0 Å². The van der Waals surface area contributed by atoms with Crippen molar-refractivity contribution < 1.29 is 4.43 Å². The van der Waals surface area contributed by atoms with Gasteiger partial charge in [-0.2, -0.15) is 0 Å². The average Bonchev–Trinajstić information content (AvgIpc) is 2.97. The smallest absolute Gasteiger partial charge is 0.218 e. The third-order valence-corrected chi connectivity index (χ3v) is 10.0. The molecule has 0 amide bonds. The molecule has 0 radical (unpaired) electrons. The van der Waals surface area contributed by atoms with E-state index in [1.54, 1.807) is 0 Å². The van der Waals surface area contributed by atoms with Crippen LogP contribution in [0.15, 0.2) is 127 Å². The van der Waals surface area contributed by atoms with Crippen molar-refractivity contribution in [3.63, 3.8) is 0 Å². The second kappa shape index (κ2) is 11.9. The summed E-state index contributed by atoms with van der Waals surface area (Å²) in [4.78, 5) is 4.62. The van der Waals surface area contributed by atoms with E-state index in [2.05, 4.69) is 171 Å². The van der Waals surface area contributed by atoms with Crippen LogP contribution in [-0.2, 0) is 4.43 Å². The fraction of sp³-hybridized carbons (Fsp3) is 0.167. The van der Waals surface area contributed by atoms with E-state index in [1.165, 1.54) is 16.3 Å². The number of anilines is 6. The molecule has 3 nitrogen and oxygen atoms in total. The lowest BCUT2D eigenvalue weighted by atomic mass is 10.1. The number of nitrogens with zero attached hydrogens (tertiary/aromatic N) is 2. The van der Waals surface area contributed by atoms with E-state index in [1.807, 2.05) is 0 Å². The lowest BCUT2D eigenvalue weighted by Gasteiger charge is -2.29. The first-order valence-corrected chi connectivity index (χ1v) is 16.9. The third-order valence-electron chi connectivity index (χ3n) is 7.29. The number of benzene rings is 5. The van der Waals surface area contributed by atoms with Gasteiger partial charge in [-0.25, -0.2) is 0 Å². The first-order valence-electron chi connectivity index (χ1n) is 14.0. The van der Waals surface area contributed by atoms with Crippen LogP contribution in [0.25, 0.3) is 0 Å². The molecule has 0 bridgehead atoms. The Labute approximate surface area is 240 Å². The Kier molecular flexibility index (Phi) is 8.20. The largest absolute Gasteiger partial charge is 0.413 e. The monoisotopic (exact) mass is 542 g/mol. The summed E-state index contributed by atoms with van der Waals surface area (Å²) in [5, 5.41) is 1.30. The lowest BCUT2D eigenvalue weighted by Crippen LogP contribution is -2.44. The Hall–Kier alpha value is -4.12. The van der Waals surface area contributed by atoms with Gasteiger partial charge in [-0.15, -0.1) is 0 Å². The summed E-state index contributed by atoms with van der Waals surface area (Å²) in [6.45, 7) is 11.6. The van der Waals surface area contributed by atoms with Crippen molar-refractivity contribution in [1.82, 2.24) is 0 Å². The van der Waals surface area contributed by atoms with Gasteiger partial charge >= 0.3 is 0 Å². The summed E-state index contributed by atoms with van der Waals surface area (Å²) in [5.74, 6) is 0. The second-order valence-electron chi connectivity index (χ2n) is 10.7. The van der Waals surface area contributed by atoms with E-state index in [-0.39, 0.29) is 0 Å². The number of hydrogen-bond acceptors (Lipinski definition) is 3. The summed E-state index contributed by atoms with van der Waals surface area (Å²) < 4.78 is 6.13. The van der Waals surface area contributed by atoms with Crippen molar-refractivity contribution in [2.45, 2.75) is 33.9 Å². The molecule has 0 spiro atoms. The molecule has 0 saturated heterocycles. The Morgan fingerprint density at radius 2 is 0.800 bits per heavy atom. The minimum atomic E-state index is -1.92. The zero-order chi connectivity index (χ0) is 28.1. The molecule has 0 aliphatic rings. The van der Waals surface area contributed by atoms with Crippen molar-refractivity contribution in [2.24, 2.45) is 0 Å². The van der Waals surface area contributed by atoms with E-state index < -0.39 is 8.32 Å². The van der Waals surface area contributed by atoms with Gasteiger partial charge < -0.3 is 14.2 Å². The van der Waals surface area contributed by atoms with Crippen LogP contribution in [0.4, 0.5) is 34.1 Å². The van der Waals surface area contributed by atoms with Gasteiger partial charge in [0, 0.05) is 40.7 Å². The zero-order valence-corrected chi connectivity index (χ0v) is 25.1. The van der Waals surface area contributed by atoms with Gasteiger partial charge in [0.25, 0.3) is 0 Å². The molecule has 5 rings (SSSR count). The molecule has 0 aliphatic heterocycles. The van der Waals surface area contributed by atoms with E-state index in [0.29, 0.717) is 0 Å². The quantitative estimate of drug-likeness (QED) is 0.172. The molecule has 40 heavy (non-hydrogen) atoms. The second-order valence-corrected chi connectivity index (χ2v) is 14.6. The minimum Gasteiger partial charge on any atom is -0.413 e. The van der Waals surface area contributed by atoms with Gasteiger partial charge in [-0.05, 0) is 112 Å². The van der Waals surface area contributed by atoms with Crippen LogP contribution in [0.3, 0.4) is 0 Å². The van der Waals surface area contributed by atoms with Crippen LogP contribution in [0, 0.1) is 13.8 Å². The Balaban J connectivity index is 1.55. The van der Waals surface area contributed by atoms with Gasteiger partial charge in [0.05, 0.1) is 0 Å². The Bertz CT molecular complexity index is 1510. The van der Waals surface area contributed by atoms with Gasteiger partial charge in [-0.1, -0.05) is 65.7 Å². The minimum absolute atomic E-state index is 0.741. The van der Waals surface area contributed by atoms with Crippen molar-refractivity contribution in [2.75, 3.05) is 16.4 Å². The van der Waals surface area contributed by atoms with Gasteiger partial charge in [0.2, 0.25) is 8.32 Å². The van der Waals surface area contributed by atoms with Gasteiger partial charge in [0.1, 0.15) is 0 Å². The molecule has 0 atom stereocenters. The molecular weight excluding hydrogens is 504 g/mol. The SMILES string of the molecule is CCO[Si](C)(C)c1ccc(N(c2ccc(C)cc2)c2ccc(N(c3ccccc3)c3ccc(C)cc3)cc2)cc1. The lowest BCUT2D eigenvalue weighted by molar-refractivity contribution is 0.339. The number of aryl methyl sites for hydroxylation is 2. The average molecular weight is 543 g/mol. The predicted octanol–water partition coefficient (Wildman–Crippen LogP) is 9.69. The molecule has 4 heteroatoms. The van der Waals surface area contributed by atoms with E-state index in [9.17, 15) is 0 Å². The van der Waals surface area contributed by atoms with Crippen LogP contribution in [-0.4, -0.2) is 14.9 Å². The number of para-hydroxylation sites is 1. The van der Waals surface area contributed by atoms with Gasteiger partial charge in [0.15, 0.2) is 0 Å². The predicted molar refractivity (Wildman–Crippen MR) is 174 cm³/mol. The van der Waals surface area contributed by atoms with Crippen LogP contribution in [0.5, 0.6) is 0 Å². The summed E-state index contributed by atoms with van der Waals surface area (Å²) in [5.41, 5.74) is 9.24. The van der Waals surface area contributed by atoms with Crippen molar-refractivity contribution in [3.8, 4) is 0 Å². The van der Waals surface area contributed by atoms with E-state index in [0.717, 1.165) is 40.7 Å². The maximum atomic E-state index is 6.13. The normalized spacial score (nSPS) is 11.3. The zero-order valence-electron chi connectivity index (χ0n) is 24.1. The van der Waals surface area contributed by atoms with Crippen molar-refractivity contribution in [3.05, 3.63) is 139 Å². The summed E-state index contributed by atoms with van der Waals surface area (Å²) >= 11 is 0. The Morgan fingerprint density at radius 3 is 1.18 bits per heavy atom. The summed E-state index contributed by atoms with van der Waals surface area (Å²) in [7, 11) is -1.92. The summed E-state index contributed by atoms with van der Waals surface area (Å²) in [6.07, 6.45) is 0. The highest BCUT2D eigenvalue weighted by Crippen LogP contribution is 2.38. The fourth-order valence-corrected chi connectivity index (χ4v) is 6.92.